The van der Waals surface area contributed by atoms with E-state index < -0.39 is 0 Å². The molecule has 0 saturated heterocycles. The first-order chi connectivity index (χ1) is 7.54. The molecule has 1 heterocycles. The number of aryl methyl sites for hydroxylation is 2. The topological polar surface area (TPSA) is 45.1 Å². The molecule has 2 unspecified atom stereocenters. The fourth-order valence-electron chi connectivity index (χ4n) is 1.71. The van der Waals surface area contributed by atoms with Gasteiger partial charge < -0.3 is 10.4 Å². The molecule has 0 aliphatic carbocycles. The highest BCUT2D eigenvalue weighted by Crippen LogP contribution is 2.22. The molecule has 0 saturated carbocycles. The van der Waals surface area contributed by atoms with Crippen molar-refractivity contribution in [1.82, 2.24) is 10.3 Å². The summed E-state index contributed by atoms with van der Waals surface area (Å²) in [6, 6.07) is 0.272. The second kappa shape index (κ2) is 6.33. The van der Waals surface area contributed by atoms with Gasteiger partial charge in [-0.3, -0.25) is 0 Å². The Kier molecular flexibility index (Phi) is 5.38. The van der Waals surface area contributed by atoms with E-state index in [0.717, 1.165) is 30.1 Å². The van der Waals surface area contributed by atoms with Crippen molar-refractivity contribution in [2.45, 2.75) is 52.7 Å². The zero-order valence-electron chi connectivity index (χ0n) is 10.6. The molecule has 0 fully saturated rings. The number of aliphatic hydroxyl groups is 1. The molecule has 1 aromatic rings. The molecule has 2 N–H and O–H groups in total. The van der Waals surface area contributed by atoms with E-state index in [9.17, 15) is 5.11 Å². The van der Waals surface area contributed by atoms with Crippen molar-refractivity contribution in [1.29, 1.82) is 0 Å². The van der Waals surface area contributed by atoms with Gasteiger partial charge in [-0.05, 0) is 40.2 Å². The Morgan fingerprint density at radius 2 is 2.12 bits per heavy atom. The van der Waals surface area contributed by atoms with Crippen LogP contribution >= 0.6 is 11.3 Å². The lowest BCUT2D eigenvalue weighted by molar-refractivity contribution is 0.158. The summed E-state index contributed by atoms with van der Waals surface area (Å²) in [6.45, 7) is 9.11. The molecule has 0 amide bonds. The number of nitrogens with one attached hydrogen (secondary N) is 1. The van der Waals surface area contributed by atoms with Gasteiger partial charge in [-0.2, -0.15) is 0 Å². The number of aromatic nitrogens is 1. The van der Waals surface area contributed by atoms with Crippen molar-refractivity contribution in [2.24, 2.45) is 0 Å². The molecule has 0 aromatic carbocycles. The van der Waals surface area contributed by atoms with E-state index in [4.69, 9.17) is 0 Å². The Labute approximate surface area is 102 Å². The van der Waals surface area contributed by atoms with Gasteiger partial charge in [0.05, 0.1) is 16.8 Å². The molecule has 3 nitrogen and oxygen atoms in total. The van der Waals surface area contributed by atoms with Crippen molar-refractivity contribution in [3.8, 4) is 0 Å². The lowest BCUT2D eigenvalue weighted by Gasteiger charge is -2.14. The van der Waals surface area contributed by atoms with E-state index in [2.05, 4.69) is 24.1 Å². The van der Waals surface area contributed by atoms with E-state index in [1.807, 2.05) is 13.8 Å². The van der Waals surface area contributed by atoms with Crippen LogP contribution < -0.4 is 5.32 Å². The summed E-state index contributed by atoms with van der Waals surface area (Å²) >= 11 is 1.74. The fourth-order valence-corrected chi connectivity index (χ4v) is 2.63. The second-order valence-electron chi connectivity index (χ2n) is 4.20. The third kappa shape index (κ3) is 3.85. The van der Waals surface area contributed by atoms with Crippen molar-refractivity contribution >= 4 is 11.3 Å². The van der Waals surface area contributed by atoms with Crippen molar-refractivity contribution in [3.63, 3.8) is 0 Å². The molecule has 2 atom stereocenters. The van der Waals surface area contributed by atoms with Crippen LogP contribution in [-0.2, 0) is 0 Å². The van der Waals surface area contributed by atoms with Gasteiger partial charge in [-0.15, -0.1) is 11.3 Å². The first-order valence-electron chi connectivity index (χ1n) is 5.90. The minimum Gasteiger partial charge on any atom is -0.393 e. The average molecular weight is 242 g/mol. The Morgan fingerprint density at radius 3 is 2.62 bits per heavy atom. The van der Waals surface area contributed by atoms with Crippen LogP contribution in [0.4, 0.5) is 0 Å². The molecule has 0 radical (unpaired) electrons. The molecule has 1 aromatic heterocycles. The van der Waals surface area contributed by atoms with E-state index in [-0.39, 0.29) is 12.1 Å². The molecule has 0 aliphatic rings. The van der Waals surface area contributed by atoms with Gasteiger partial charge in [0.1, 0.15) is 0 Å². The zero-order valence-corrected chi connectivity index (χ0v) is 11.4. The van der Waals surface area contributed by atoms with Crippen LogP contribution in [0.1, 0.15) is 48.3 Å². The van der Waals surface area contributed by atoms with Crippen molar-refractivity contribution in [3.05, 3.63) is 15.6 Å². The van der Waals surface area contributed by atoms with Gasteiger partial charge >= 0.3 is 0 Å². The lowest BCUT2D eigenvalue weighted by Crippen LogP contribution is -2.24. The number of thiazole rings is 1. The highest BCUT2D eigenvalue weighted by Gasteiger charge is 2.12. The van der Waals surface area contributed by atoms with Crippen LogP contribution in [0.2, 0.25) is 0 Å². The van der Waals surface area contributed by atoms with Crippen LogP contribution in [0.15, 0.2) is 0 Å². The number of hydrogen-bond donors (Lipinski definition) is 2. The van der Waals surface area contributed by atoms with Crippen molar-refractivity contribution < 1.29 is 5.11 Å². The fraction of sp³-hybridized carbons (Fsp3) is 0.750. The predicted molar refractivity (Wildman–Crippen MR) is 68.9 cm³/mol. The summed E-state index contributed by atoms with van der Waals surface area (Å²) in [7, 11) is 0. The maximum absolute atomic E-state index is 9.45. The van der Waals surface area contributed by atoms with Crippen molar-refractivity contribution in [2.75, 3.05) is 6.54 Å². The SMILES string of the molecule is CCC(O)CCNC(C)c1nc(C)sc1C. The van der Waals surface area contributed by atoms with Gasteiger partial charge in [-0.25, -0.2) is 4.98 Å². The Hall–Kier alpha value is -0.450. The standard InChI is InChI=1S/C12H22N2OS/c1-5-11(15)6-7-13-8(2)12-9(3)16-10(4)14-12/h8,11,13,15H,5-7H2,1-4H3. The largest absolute Gasteiger partial charge is 0.393 e. The third-order valence-corrected chi connectivity index (χ3v) is 3.65. The Balaban J connectivity index is 2.40. The lowest BCUT2D eigenvalue weighted by atomic mass is 10.2. The van der Waals surface area contributed by atoms with Crippen LogP contribution in [0.5, 0.6) is 0 Å². The molecule has 0 aliphatic heterocycles. The monoisotopic (exact) mass is 242 g/mol. The normalized spacial score (nSPS) is 15.1. The van der Waals surface area contributed by atoms with E-state index in [1.165, 1.54) is 4.88 Å². The highest BCUT2D eigenvalue weighted by atomic mass is 32.1. The molecule has 0 spiro atoms. The van der Waals surface area contributed by atoms with Crippen LogP contribution in [0.25, 0.3) is 0 Å². The minimum absolute atomic E-state index is 0.182. The van der Waals surface area contributed by atoms with Crippen LogP contribution in [0.3, 0.4) is 0 Å². The predicted octanol–water partition coefficient (Wildman–Crippen LogP) is 2.57. The molecule has 92 valence electrons. The van der Waals surface area contributed by atoms with E-state index in [0.29, 0.717) is 0 Å². The first-order valence-corrected chi connectivity index (χ1v) is 6.71. The highest BCUT2D eigenvalue weighted by molar-refractivity contribution is 7.11. The van der Waals surface area contributed by atoms with Gasteiger partial charge in [0.25, 0.3) is 0 Å². The molecule has 0 bridgehead atoms. The summed E-state index contributed by atoms with van der Waals surface area (Å²) in [6.07, 6.45) is 1.45. The maximum atomic E-state index is 9.45. The average Bonchev–Trinajstić information content (AvgIpc) is 2.57. The molecule has 1 rings (SSSR count). The molecule has 4 heteroatoms. The summed E-state index contributed by atoms with van der Waals surface area (Å²) in [5.74, 6) is 0. The summed E-state index contributed by atoms with van der Waals surface area (Å²) in [5, 5.41) is 14.0. The first kappa shape index (κ1) is 13.6. The second-order valence-corrected chi connectivity index (χ2v) is 5.61. The third-order valence-electron chi connectivity index (χ3n) is 2.75. The summed E-state index contributed by atoms with van der Waals surface area (Å²) < 4.78 is 0. The van der Waals surface area contributed by atoms with Crippen LogP contribution in [0, 0.1) is 13.8 Å². The van der Waals surface area contributed by atoms with E-state index >= 15 is 0 Å². The number of rotatable bonds is 6. The van der Waals surface area contributed by atoms with Crippen LogP contribution in [-0.4, -0.2) is 22.7 Å². The molecular weight excluding hydrogens is 220 g/mol. The van der Waals surface area contributed by atoms with Gasteiger partial charge in [0.2, 0.25) is 0 Å². The zero-order chi connectivity index (χ0) is 12.1. The quantitative estimate of drug-likeness (QED) is 0.806. The van der Waals surface area contributed by atoms with E-state index in [1.54, 1.807) is 11.3 Å². The number of hydrogen-bond acceptors (Lipinski definition) is 4. The molecular formula is C12H22N2OS. The Bertz CT molecular complexity index is 325. The number of aliphatic hydroxyl groups excluding tert-OH is 1. The smallest absolute Gasteiger partial charge is 0.0900 e. The minimum atomic E-state index is -0.182. The summed E-state index contributed by atoms with van der Waals surface area (Å²) in [4.78, 5) is 5.81. The molecule has 16 heavy (non-hydrogen) atoms. The van der Waals surface area contributed by atoms with Gasteiger partial charge in [0, 0.05) is 10.9 Å². The maximum Gasteiger partial charge on any atom is 0.0900 e. The summed E-state index contributed by atoms with van der Waals surface area (Å²) in [5.41, 5.74) is 1.15. The van der Waals surface area contributed by atoms with Gasteiger partial charge in [-0.1, -0.05) is 6.92 Å². The van der Waals surface area contributed by atoms with Gasteiger partial charge in [0.15, 0.2) is 0 Å². The Morgan fingerprint density at radius 1 is 1.44 bits per heavy atom. The number of nitrogens with zero attached hydrogens (tertiary/aromatic N) is 1.